The molecule has 1 heterocycles. The van der Waals surface area contributed by atoms with E-state index >= 15 is 0 Å². The number of amides is 2. The molecule has 2 aromatic carbocycles. The molecule has 0 saturated heterocycles. The zero-order chi connectivity index (χ0) is 18.8. The second-order valence-corrected chi connectivity index (χ2v) is 6.91. The molecule has 0 radical (unpaired) electrons. The molecule has 0 spiro atoms. The van der Waals surface area contributed by atoms with E-state index < -0.39 is 23.8 Å². The maximum atomic E-state index is 12.8. The lowest BCUT2D eigenvalue weighted by Crippen LogP contribution is -2.47. The van der Waals surface area contributed by atoms with Gasteiger partial charge in [0.15, 0.2) is 0 Å². The number of hydrogen-bond acceptors (Lipinski definition) is 4. The summed E-state index contributed by atoms with van der Waals surface area (Å²) in [6.45, 7) is 5.81. The molecule has 1 unspecified atom stereocenters. The quantitative estimate of drug-likeness (QED) is 0.469. The molecule has 1 aliphatic rings. The van der Waals surface area contributed by atoms with E-state index in [-0.39, 0.29) is 5.92 Å². The van der Waals surface area contributed by atoms with Crippen molar-refractivity contribution in [3.05, 3.63) is 65.2 Å². The molecule has 0 fully saturated rings. The van der Waals surface area contributed by atoms with Gasteiger partial charge in [0.05, 0.1) is 11.1 Å². The van der Waals surface area contributed by atoms with Crippen LogP contribution in [0.4, 0.5) is 0 Å². The van der Waals surface area contributed by atoms with Crippen LogP contribution in [0.15, 0.2) is 48.5 Å². The Balaban J connectivity index is 1.89. The van der Waals surface area contributed by atoms with Crippen LogP contribution in [0.3, 0.4) is 0 Å². The SMILES string of the molecule is Cc1ccc(OC(=O)C(CC(C)C)N2C(=O)c3ccccc3C2=O)cc1. The first kappa shape index (κ1) is 17.9. The van der Waals surface area contributed by atoms with Gasteiger partial charge in [-0.05, 0) is 43.5 Å². The van der Waals surface area contributed by atoms with Gasteiger partial charge in [-0.2, -0.15) is 0 Å². The summed E-state index contributed by atoms with van der Waals surface area (Å²) in [7, 11) is 0. The molecule has 2 amide bonds. The first-order chi connectivity index (χ1) is 12.4. The van der Waals surface area contributed by atoms with Crippen molar-refractivity contribution in [2.75, 3.05) is 0 Å². The predicted octanol–water partition coefficient (Wildman–Crippen LogP) is 3.61. The van der Waals surface area contributed by atoms with Crippen molar-refractivity contribution in [2.24, 2.45) is 5.92 Å². The summed E-state index contributed by atoms with van der Waals surface area (Å²) in [6.07, 6.45) is 0.343. The number of rotatable bonds is 5. The van der Waals surface area contributed by atoms with E-state index in [4.69, 9.17) is 4.74 Å². The van der Waals surface area contributed by atoms with Gasteiger partial charge < -0.3 is 4.74 Å². The highest BCUT2D eigenvalue weighted by atomic mass is 16.5. The van der Waals surface area contributed by atoms with Crippen molar-refractivity contribution in [1.82, 2.24) is 4.90 Å². The lowest BCUT2D eigenvalue weighted by Gasteiger charge is -2.25. The summed E-state index contributed by atoms with van der Waals surface area (Å²) >= 11 is 0. The third kappa shape index (κ3) is 3.38. The van der Waals surface area contributed by atoms with Gasteiger partial charge in [-0.15, -0.1) is 0 Å². The fraction of sp³-hybridized carbons (Fsp3) is 0.286. The van der Waals surface area contributed by atoms with Gasteiger partial charge >= 0.3 is 5.97 Å². The van der Waals surface area contributed by atoms with E-state index in [1.54, 1.807) is 36.4 Å². The Morgan fingerprint density at radius 2 is 1.50 bits per heavy atom. The van der Waals surface area contributed by atoms with Crippen molar-refractivity contribution in [3.8, 4) is 5.75 Å². The van der Waals surface area contributed by atoms with Crippen LogP contribution in [-0.2, 0) is 4.79 Å². The average Bonchev–Trinajstić information content (AvgIpc) is 2.86. The zero-order valence-electron chi connectivity index (χ0n) is 15.1. The van der Waals surface area contributed by atoms with E-state index in [1.165, 1.54) is 0 Å². The lowest BCUT2D eigenvalue weighted by atomic mass is 10.0. The first-order valence-electron chi connectivity index (χ1n) is 8.63. The van der Waals surface area contributed by atoms with Crippen molar-refractivity contribution in [1.29, 1.82) is 0 Å². The van der Waals surface area contributed by atoms with Crippen LogP contribution in [0.5, 0.6) is 5.75 Å². The Labute approximate surface area is 152 Å². The molecule has 26 heavy (non-hydrogen) atoms. The number of imide groups is 1. The summed E-state index contributed by atoms with van der Waals surface area (Å²) in [4.78, 5) is 39.3. The average molecular weight is 351 g/mol. The molecule has 0 saturated carbocycles. The summed E-state index contributed by atoms with van der Waals surface area (Å²) < 4.78 is 5.46. The van der Waals surface area contributed by atoms with Crippen molar-refractivity contribution < 1.29 is 19.1 Å². The molecular weight excluding hydrogens is 330 g/mol. The molecule has 5 heteroatoms. The summed E-state index contributed by atoms with van der Waals surface area (Å²) in [5, 5.41) is 0. The number of esters is 1. The van der Waals surface area contributed by atoms with Gasteiger partial charge in [0, 0.05) is 0 Å². The van der Waals surface area contributed by atoms with Crippen LogP contribution in [0.25, 0.3) is 0 Å². The van der Waals surface area contributed by atoms with Crippen molar-refractivity contribution >= 4 is 17.8 Å². The fourth-order valence-corrected chi connectivity index (χ4v) is 3.03. The Morgan fingerprint density at radius 1 is 0.962 bits per heavy atom. The van der Waals surface area contributed by atoms with E-state index in [1.807, 2.05) is 32.9 Å². The highest BCUT2D eigenvalue weighted by Crippen LogP contribution is 2.28. The minimum atomic E-state index is -0.955. The highest BCUT2D eigenvalue weighted by molar-refractivity contribution is 6.22. The summed E-state index contributed by atoms with van der Waals surface area (Å²) in [5.41, 5.74) is 1.70. The summed E-state index contributed by atoms with van der Waals surface area (Å²) in [6, 6.07) is 12.7. The number of hydrogen-bond donors (Lipinski definition) is 0. The third-order valence-corrected chi connectivity index (χ3v) is 4.34. The van der Waals surface area contributed by atoms with Crippen LogP contribution in [-0.4, -0.2) is 28.7 Å². The topological polar surface area (TPSA) is 63.7 Å². The standard InChI is InChI=1S/C21H21NO4/c1-13(2)12-18(21(25)26-15-10-8-14(3)9-11-15)22-19(23)16-6-4-5-7-17(16)20(22)24/h4-11,13,18H,12H2,1-3H3. The number of ether oxygens (including phenoxy) is 1. The maximum Gasteiger partial charge on any atom is 0.334 e. The molecule has 1 aliphatic heterocycles. The minimum absolute atomic E-state index is 0.106. The first-order valence-corrected chi connectivity index (χ1v) is 8.63. The van der Waals surface area contributed by atoms with Crippen LogP contribution >= 0.6 is 0 Å². The molecule has 5 nitrogen and oxygen atoms in total. The Bertz CT molecular complexity index is 820. The zero-order valence-corrected chi connectivity index (χ0v) is 15.1. The number of nitrogens with zero attached hydrogens (tertiary/aromatic N) is 1. The normalized spacial score (nSPS) is 14.5. The number of fused-ring (bicyclic) bond motifs is 1. The van der Waals surface area contributed by atoms with Crippen LogP contribution in [0.2, 0.25) is 0 Å². The Morgan fingerprint density at radius 3 is 2.00 bits per heavy atom. The smallest absolute Gasteiger partial charge is 0.334 e. The Hall–Kier alpha value is -2.95. The molecule has 0 N–H and O–H groups in total. The third-order valence-electron chi connectivity index (χ3n) is 4.34. The monoisotopic (exact) mass is 351 g/mol. The maximum absolute atomic E-state index is 12.8. The number of aryl methyl sites for hydroxylation is 1. The lowest BCUT2D eigenvalue weighted by molar-refractivity contribution is -0.139. The van der Waals surface area contributed by atoms with E-state index in [0.29, 0.717) is 23.3 Å². The largest absolute Gasteiger partial charge is 0.425 e. The van der Waals surface area contributed by atoms with Gasteiger partial charge in [-0.25, -0.2) is 4.79 Å². The van der Waals surface area contributed by atoms with Gasteiger partial charge in [-0.3, -0.25) is 14.5 Å². The highest BCUT2D eigenvalue weighted by Gasteiger charge is 2.43. The van der Waals surface area contributed by atoms with Crippen LogP contribution in [0, 0.1) is 12.8 Å². The van der Waals surface area contributed by atoms with E-state index in [0.717, 1.165) is 10.5 Å². The van der Waals surface area contributed by atoms with Gasteiger partial charge in [-0.1, -0.05) is 43.7 Å². The molecule has 2 aromatic rings. The molecule has 1 atom stereocenters. The van der Waals surface area contributed by atoms with Gasteiger partial charge in [0.2, 0.25) is 0 Å². The molecule has 0 bridgehead atoms. The molecule has 0 aliphatic carbocycles. The van der Waals surface area contributed by atoms with Gasteiger partial charge in [0.1, 0.15) is 11.8 Å². The minimum Gasteiger partial charge on any atom is -0.425 e. The van der Waals surface area contributed by atoms with Gasteiger partial charge in [0.25, 0.3) is 11.8 Å². The number of carbonyl (C=O) groups is 3. The van der Waals surface area contributed by atoms with E-state index in [2.05, 4.69) is 0 Å². The predicted molar refractivity (Wildman–Crippen MR) is 97.0 cm³/mol. The Kier molecular flexibility index (Phi) is 4.89. The fourth-order valence-electron chi connectivity index (χ4n) is 3.03. The molecule has 134 valence electrons. The van der Waals surface area contributed by atoms with Crippen molar-refractivity contribution in [3.63, 3.8) is 0 Å². The molecule has 0 aromatic heterocycles. The second-order valence-electron chi connectivity index (χ2n) is 6.91. The summed E-state index contributed by atoms with van der Waals surface area (Å²) in [5.74, 6) is -0.993. The van der Waals surface area contributed by atoms with Crippen LogP contribution in [0.1, 0.15) is 46.5 Å². The van der Waals surface area contributed by atoms with Crippen molar-refractivity contribution in [2.45, 2.75) is 33.2 Å². The van der Waals surface area contributed by atoms with Crippen LogP contribution < -0.4 is 4.74 Å². The van der Waals surface area contributed by atoms with E-state index in [9.17, 15) is 14.4 Å². The molecular formula is C21H21NO4. The number of carbonyl (C=O) groups excluding carboxylic acids is 3. The molecule has 3 rings (SSSR count). The second kappa shape index (κ2) is 7.12. The number of benzene rings is 2.